The maximum Gasteiger partial charge on any atom is 0.320 e. The first-order valence-electron chi connectivity index (χ1n) is 3.83. The molecule has 0 amide bonds. The number of benzene rings is 1. The van der Waals surface area contributed by atoms with Crippen LogP contribution in [0.15, 0.2) is 24.3 Å². The Kier molecular flexibility index (Phi) is 6.28. The topological polar surface area (TPSA) is 63.3 Å². The van der Waals surface area contributed by atoms with Crippen LogP contribution in [0.5, 0.6) is 0 Å². The number of halogens is 2. The Morgan fingerprint density at radius 1 is 1.36 bits per heavy atom. The summed E-state index contributed by atoms with van der Waals surface area (Å²) < 4.78 is 0. The molecule has 0 aliphatic rings. The maximum atomic E-state index is 9.57. The lowest BCUT2D eigenvalue weighted by Gasteiger charge is -1.90. The van der Waals surface area contributed by atoms with Crippen molar-refractivity contribution in [3.05, 3.63) is 34.3 Å². The summed E-state index contributed by atoms with van der Waals surface area (Å²) in [5, 5.41) is 9.08. The molecule has 1 aromatic rings. The highest BCUT2D eigenvalue weighted by Gasteiger charge is 1.99. The third-order valence-electron chi connectivity index (χ3n) is 1.21. The lowest BCUT2D eigenvalue weighted by atomic mass is 10.4. The number of aliphatic carboxylic acids is 1. The van der Waals surface area contributed by atoms with E-state index in [0.717, 1.165) is 0 Å². The maximum absolute atomic E-state index is 9.57. The standard InChI is InChI=1S/C6H4Cl2.C3H7NO2/c7-5-3-1-2-4-6(5)8;1-2(4)3(5)6/h1-4H;2H,4H2,1H3,(H,5,6). The van der Waals surface area contributed by atoms with Crippen LogP contribution in [0.3, 0.4) is 0 Å². The van der Waals surface area contributed by atoms with Crippen molar-refractivity contribution >= 4 is 29.2 Å². The van der Waals surface area contributed by atoms with Crippen LogP contribution in [0.4, 0.5) is 0 Å². The van der Waals surface area contributed by atoms with Crippen molar-refractivity contribution in [3.8, 4) is 0 Å². The number of carboxylic acids is 1. The molecular formula is C9H11Cl2NO2. The van der Waals surface area contributed by atoms with Gasteiger partial charge in [0, 0.05) is 0 Å². The molecule has 3 nitrogen and oxygen atoms in total. The fourth-order valence-electron chi connectivity index (χ4n) is 0.439. The Bertz CT molecular complexity index is 282. The molecule has 0 radical (unpaired) electrons. The smallest absolute Gasteiger partial charge is 0.320 e. The molecule has 5 heteroatoms. The molecule has 3 N–H and O–H groups in total. The summed E-state index contributed by atoms with van der Waals surface area (Å²) in [6.07, 6.45) is 0. The molecule has 0 saturated heterocycles. The highest BCUT2D eigenvalue weighted by atomic mass is 35.5. The van der Waals surface area contributed by atoms with Gasteiger partial charge in [0.2, 0.25) is 0 Å². The van der Waals surface area contributed by atoms with Gasteiger partial charge in [-0.05, 0) is 19.1 Å². The van der Waals surface area contributed by atoms with Crippen LogP contribution in [0, 0.1) is 0 Å². The molecule has 1 rings (SSSR count). The number of carboxylic acid groups (broad SMARTS) is 1. The Labute approximate surface area is 92.4 Å². The van der Waals surface area contributed by atoms with Crippen LogP contribution >= 0.6 is 23.2 Å². The van der Waals surface area contributed by atoms with Gasteiger partial charge in [0.1, 0.15) is 6.04 Å². The molecule has 0 spiro atoms. The zero-order chi connectivity index (χ0) is 11.1. The molecule has 0 saturated carbocycles. The largest absolute Gasteiger partial charge is 0.480 e. The van der Waals surface area contributed by atoms with Crippen molar-refractivity contribution < 1.29 is 9.90 Å². The molecule has 0 aliphatic heterocycles. The zero-order valence-electron chi connectivity index (χ0n) is 7.58. The third-order valence-corrected chi connectivity index (χ3v) is 1.97. The van der Waals surface area contributed by atoms with Crippen molar-refractivity contribution in [2.75, 3.05) is 0 Å². The highest BCUT2D eigenvalue weighted by Crippen LogP contribution is 2.19. The van der Waals surface area contributed by atoms with E-state index in [1.54, 1.807) is 12.1 Å². The van der Waals surface area contributed by atoms with Gasteiger partial charge in [-0.2, -0.15) is 0 Å². The van der Waals surface area contributed by atoms with E-state index in [0.29, 0.717) is 10.0 Å². The number of hydrogen-bond acceptors (Lipinski definition) is 2. The Hall–Kier alpha value is -0.770. The minimum absolute atomic E-state index is 0.606. The van der Waals surface area contributed by atoms with Crippen LogP contribution < -0.4 is 5.73 Å². The average Bonchev–Trinajstić information content (AvgIpc) is 2.11. The quantitative estimate of drug-likeness (QED) is 0.786. The van der Waals surface area contributed by atoms with E-state index < -0.39 is 12.0 Å². The predicted octanol–water partition coefficient (Wildman–Crippen LogP) is 2.41. The second-order valence-corrected chi connectivity index (χ2v) is 3.36. The van der Waals surface area contributed by atoms with E-state index in [9.17, 15) is 4.79 Å². The van der Waals surface area contributed by atoms with Gasteiger partial charge in [-0.3, -0.25) is 4.79 Å². The molecule has 1 atom stereocenters. The van der Waals surface area contributed by atoms with E-state index in [1.807, 2.05) is 12.1 Å². The van der Waals surface area contributed by atoms with Crippen LogP contribution in [-0.4, -0.2) is 17.1 Å². The molecule has 0 fully saturated rings. The van der Waals surface area contributed by atoms with E-state index >= 15 is 0 Å². The second kappa shape index (κ2) is 6.65. The van der Waals surface area contributed by atoms with Gasteiger partial charge in [0.25, 0.3) is 0 Å². The lowest BCUT2D eigenvalue weighted by Crippen LogP contribution is -2.25. The molecular weight excluding hydrogens is 225 g/mol. The Balaban J connectivity index is 0.000000255. The SMILES string of the molecule is CC(N)C(=O)O.Clc1ccccc1Cl. The average molecular weight is 236 g/mol. The molecule has 78 valence electrons. The van der Waals surface area contributed by atoms with Crippen molar-refractivity contribution in [2.45, 2.75) is 13.0 Å². The predicted molar refractivity (Wildman–Crippen MR) is 57.7 cm³/mol. The summed E-state index contributed by atoms with van der Waals surface area (Å²) in [4.78, 5) is 9.57. The summed E-state index contributed by atoms with van der Waals surface area (Å²) in [5.41, 5.74) is 4.84. The zero-order valence-corrected chi connectivity index (χ0v) is 9.09. The molecule has 0 aliphatic carbocycles. The van der Waals surface area contributed by atoms with Crippen molar-refractivity contribution in [1.29, 1.82) is 0 Å². The van der Waals surface area contributed by atoms with Crippen molar-refractivity contribution in [1.82, 2.24) is 0 Å². The summed E-state index contributed by atoms with van der Waals surface area (Å²) in [6, 6.07) is 6.46. The first-order chi connectivity index (χ1) is 6.45. The first-order valence-corrected chi connectivity index (χ1v) is 4.59. The van der Waals surface area contributed by atoms with Crippen LogP contribution in [-0.2, 0) is 4.79 Å². The highest BCUT2D eigenvalue weighted by molar-refractivity contribution is 6.41. The van der Waals surface area contributed by atoms with E-state index in [2.05, 4.69) is 0 Å². The number of rotatable bonds is 1. The molecule has 0 heterocycles. The summed E-state index contributed by atoms with van der Waals surface area (Å²) in [7, 11) is 0. The minimum atomic E-state index is -0.963. The number of nitrogens with two attached hydrogens (primary N) is 1. The van der Waals surface area contributed by atoms with Gasteiger partial charge in [-0.25, -0.2) is 0 Å². The van der Waals surface area contributed by atoms with Crippen molar-refractivity contribution in [3.63, 3.8) is 0 Å². The van der Waals surface area contributed by atoms with Gasteiger partial charge in [0.15, 0.2) is 0 Å². The fraction of sp³-hybridized carbons (Fsp3) is 0.222. The molecule has 0 aromatic heterocycles. The third kappa shape index (κ3) is 5.80. The number of hydrogen-bond donors (Lipinski definition) is 2. The normalized spacial score (nSPS) is 11.1. The monoisotopic (exact) mass is 235 g/mol. The lowest BCUT2D eigenvalue weighted by molar-refractivity contribution is -0.138. The molecule has 1 aromatic carbocycles. The van der Waals surface area contributed by atoms with Gasteiger partial charge < -0.3 is 10.8 Å². The van der Waals surface area contributed by atoms with Crippen molar-refractivity contribution in [2.24, 2.45) is 5.73 Å². The van der Waals surface area contributed by atoms with Gasteiger partial charge in [-0.15, -0.1) is 0 Å². The van der Waals surface area contributed by atoms with Gasteiger partial charge in [-0.1, -0.05) is 35.3 Å². The first kappa shape index (κ1) is 13.2. The van der Waals surface area contributed by atoms with E-state index in [-0.39, 0.29) is 0 Å². The summed E-state index contributed by atoms with van der Waals surface area (Å²) >= 11 is 11.2. The summed E-state index contributed by atoms with van der Waals surface area (Å²) in [6.45, 7) is 1.42. The minimum Gasteiger partial charge on any atom is -0.480 e. The van der Waals surface area contributed by atoms with Gasteiger partial charge in [0.05, 0.1) is 10.0 Å². The second-order valence-electron chi connectivity index (χ2n) is 2.54. The van der Waals surface area contributed by atoms with E-state index in [4.69, 9.17) is 34.0 Å². The summed E-state index contributed by atoms with van der Waals surface area (Å²) in [5.74, 6) is -0.963. The van der Waals surface area contributed by atoms with Gasteiger partial charge >= 0.3 is 5.97 Å². The number of carbonyl (C=O) groups is 1. The van der Waals surface area contributed by atoms with Crippen LogP contribution in [0.2, 0.25) is 10.0 Å². The Morgan fingerprint density at radius 2 is 1.64 bits per heavy atom. The Morgan fingerprint density at radius 3 is 1.79 bits per heavy atom. The molecule has 14 heavy (non-hydrogen) atoms. The fourth-order valence-corrected chi connectivity index (χ4v) is 0.711. The van der Waals surface area contributed by atoms with E-state index in [1.165, 1.54) is 6.92 Å². The van der Waals surface area contributed by atoms with Crippen LogP contribution in [0.25, 0.3) is 0 Å². The molecule has 1 unspecified atom stereocenters. The molecule has 0 bridgehead atoms. The van der Waals surface area contributed by atoms with Crippen LogP contribution in [0.1, 0.15) is 6.92 Å².